The molecule has 3 rings (SSSR count). The summed E-state index contributed by atoms with van der Waals surface area (Å²) in [5.41, 5.74) is 2.65. The molecule has 0 fully saturated rings. The van der Waals surface area contributed by atoms with Gasteiger partial charge in [0.2, 0.25) is 5.89 Å². The summed E-state index contributed by atoms with van der Waals surface area (Å²) in [5.74, 6) is -0.476. The summed E-state index contributed by atoms with van der Waals surface area (Å²) in [7, 11) is 0. The van der Waals surface area contributed by atoms with Crippen molar-refractivity contribution in [3.05, 3.63) is 53.1 Å². The van der Waals surface area contributed by atoms with Gasteiger partial charge in [0.25, 0.3) is 0 Å². The van der Waals surface area contributed by atoms with Crippen LogP contribution in [-0.4, -0.2) is 16.1 Å². The molecule has 4 nitrogen and oxygen atoms in total. The van der Waals surface area contributed by atoms with Gasteiger partial charge in [0.05, 0.1) is 0 Å². The van der Waals surface area contributed by atoms with Crippen LogP contribution in [0.4, 0.5) is 0 Å². The standard InChI is InChI=1S/C15H9BrClNO3/c16-13(15(19)20)9-3-6-12-11(7-9)18-14(21-12)8-1-4-10(17)5-2-8/h1-7,13H,(H,19,20). The van der Waals surface area contributed by atoms with Crippen molar-refractivity contribution >= 4 is 44.6 Å². The zero-order valence-corrected chi connectivity index (χ0v) is 12.9. The number of hydrogen-bond donors (Lipinski definition) is 1. The molecule has 0 radical (unpaired) electrons. The van der Waals surface area contributed by atoms with Gasteiger partial charge in [0.1, 0.15) is 10.3 Å². The van der Waals surface area contributed by atoms with Crippen molar-refractivity contribution < 1.29 is 14.3 Å². The lowest BCUT2D eigenvalue weighted by atomic mass is 10.1. The summed E-state index contributed by atoms with van der Waals surface area (Å²) < 4.78 is 5.67. The molecule has 0 aliphatic heterocycles. The minimum atomic E-state index is -0.948. The van der Waals surface area contributed by atoms with E-state index in [1.165, 1.54) is 0 Å². The van der Waals surface area contributed by atoms with Crippen LogP contribution in [0.15, 0.2) is 46.9 Å². The predicted octanol–water partition coefficient (Wildman–Crippen LogP) is 4.67. The Labute approximate surface area is 133 Å². The molecule has 21 heavy (non-hydrogen) atoms. The maximum absolute atomic E-state index is 11.0. The van der Waals surface area contributed by atoms with Crippen molar-refractivity contribution in [3.63, 3.8) is 0 Å². The first-order valence-electron chi connectivity index (χ1n) is 6.08. The Morgan fingerprint density at radius 1 is 1.24 bits per heavy atom. The van der Waals surface area contributed by atoms with E-state index in [9.17, 15) is 4.79 Å². The number of carboxylic acids is 1. The Hall–Kier alpha value is -1.85. The fourth-order valence-electron chi connectivity index (χ4n) is 1.96. The lowest BCUT2D eigenvalue weighted by Gasteiger charge is -2.03. The van der Waals surface area contributed by atoms with E-state index in [1.54, 1.807) is 30.3 Å². The Bertz CT molecular complexity index is 813. The van der Waals surface area contributed by atoms with Crippen molar-refractivity contribution in [2.45, 2.75) is 4.83 Å². The van der Waals surface area contributed by atoms with E-state index in [1.807, 2.05) is 12.1 Å². The highest BCUT2D eigenvalue weighted by Gasteiger charge is 2.17. The third kappa shape index (κ3) is 2.80. The number of nitrogens with zero attached hydrogens (tertiary/aromatic N) is 1. The second-order valence-corrected chi connectivity index (χ2v) is 5.81. The first-order chi connectivity index (χ1) is 10.0. The fraction of sp³-hybridized carbons (Fsp3) is 0.0667. The second-order valence-electron chi connectivity index (χ2n) is 4.45. The summed E-state index contributed by atoms with van der Waals surface area (Å²) in [5, 5.41) is 9.65. The third-order valence-corrected chi connectivity index (χ3v) is 4.18. The van der Waals surface area contributed by atoms with Crippen LogP contribution in [0.3, 0.4) is 0 Å². The monoisotopic (exact) mass is 365 g/mol. The van der Waals surface area contributed by atoms with E-state index in [4.69, 9.17) is 21.1 Å². The van der Waals surface area contributed by atoms with E-state index >= 15 is 0 Å². The van der Waals surface area contributed by atoms with Crippen molar-refractivity contribution in [1.82, 2.24) is 4.98 Å². The number of fused-ring (bicyclic) bond motifs is 1. The number of halogens is 2. The quantitative estimate of drug-likeness (QED) is 0.684. The topological polar surface area (TPSA) is 63.3 Å². The molecule has 0 bridgehead atoms. The predicted molar refractivity (Wildman–Crippen MR) is 83.8 cm³/mol. The van der Waals surface area contributed by atoms with Crippen molar-refractivity contribution in [3.8, 4) is 11.5 Å². The number of benzene rings is 2. The highest BCUT2D eigenvalue weighted by atomic mass is 79.9. The molecule has 0 spiro atoms. The SMILES string of the molecule is O=C(O)C(Br)c1ccc2oc(-c3ccc(Cl)cc3)nc2c1. The zero-order chi connectivity index (χ0) is 15.0. The number of aromatic nitrogens is 1. The van der Waals surface area contributed by atoms with Gasteiger partial charge in [-0.05, 0) is 42.0 Å². The molecule has 1 heterocycles. The van der Waals surface area contributed by atoms with Crippen LogP contribution in [0.25, 0.3) is 22.6 Å². The molecule has 0 amide bonds. The first-order valence-corrected chi connectivity index (χ1v) is 7.37. The molecule has 0 saturated heterocycles. The molecule has 0 saturated carbocycles. The van der Waals surface area contributed by atoms with E-state index in [0.29, 0.717) is 27.6 Å². The number of hydrogen-bond acceptors (Lipinski definition) is 3. The Morgan fingerprint density at radius 3 is 2.62 bits per heavy atom. The number of rotatable bonds is 3. The molecule has 3 aromatic rings. The molecule has 1 N–H and O–H groups in total. The van der Waals surface area contributed by atoms with Gasteiger partial charge >= 0.3 is 5.97 Å². The summed E-state index contributed by atoms with van der Waals surface area (Å²) in [4.78, 5) is 14.6. The minimum Gasteiger partial charge on any atom is -0.480 e. The largest absolute Gasteiger partial charge is 0.480 e. The molecule has 106 valence electrons. The van der Waals surface area contributed by atoms with Gasteiger partial charge in [-0.15, -0.1) is 0 Å². The molecule has 0 aliphatic carbocycles. The minimum absolute atomic E-state index is 0.472. The Morgan fingerprint density at radius 2 is 1.95 bits per heavy atom. The maximum Gasteiger partial charge on any atom is 0.321 e. The van der Waals surface area contributed by atoms with Crippen LogP contribution in [0, 0.1) is 0 Å². The molecule has 0 aliphatic rings. The summed E-state index contributed by atoms with van der Waals surface area (Å²) in [6.45, 7) is 0. The van der Waals surface area contributed by atoms with E-state index < -0.39 is 10.8 Å². The Balaban J connectivity index is 2.04. The van der Waals surface area contributed by atoms with Gasteiger partial charge in [0.15, 0.2) is 5.58 Å². The normalized spacial score (nSPS) is 12.5. The molecule has 1 unspecified atom stereocenters. The lowest BCUT2D eigenvalue weighted by Crippen LogP contribution is -2.03. The molecular weight excluding hydrogens is 358 g/mol. The summed E-state index contributed by atoms with van der Waals surface area (Å²) in [6, 6.07) is 12.3. The summed E-state index contributed by atoms with van der Waals surface area (Å²) in [6.07, 6.45) is 0. The molecular formula is C15H9BrClNO3. The smallest absolute Gasteiger partial charge is 0.321 e. The molecule has 2 aromatic carbocycles. The lowest BCUT2D eigenvalue weighted by molar-refractivity contribution is -0.136. The van der Waals surface area contributed by atoms with Crippen LogP contribution in [0.5, 0.6) is 0 Å². The van der Waals surface area contributed by atoms with Crippen LogP contribution >= 0.6 is 27.5 Å². The highest BCUT2D eigenvalue weighted by molar-refractivity contribution is 9.09. The fourth-order valence-corrected chi connectivity index (χ4v) is 2.37. The van der Waals surface area contributed by atoms with Crippen LogP contribution in [0.1, 0.15) is 10.4 Å². The van der Waals surface area contributed by atoms with Gasteiger partial charge in [-0.3, -0.25) is 4.79 Å². The van der Waals surface area contributed by atoms with Gasteiger partial charge in [-0.1, -0.05) is 33.6 Å². The number of aliphatic carboxylic acids is 1. The molecule has 6 heteroatoms. The Kier molecular flexibility index (Phi) is 3.69. The number of carbonyl (C=O) groups is 1. The first kappa shape index (κ1) is 14.1. The van der Waals surface area contributed by atoms with E-state index in [2.05, 4.69) is 20.9 Å². The number of carboxylic acid groups (broad SMARTS) is 1. The summed E-state index contributed by atoms with van der Waals surface area (Å²) >= 11 is 8.97. The highest BCUT2D eigenvalue weighted by Crippen LogP contribution is 2.29. The van der Waals surface area contributed by atoms with Gasteiger partial charge in [0, 0.05) is 10.6 Å². The number of oxazole rings is 1. The van der Waals surface area contributed by atoms with Crippen molar-refractivity contribution in [1.29, 1.82) is 0 Å². The van der Waals surface area contributed by atoms with Gasteiger partial charge < -0.3 is 9.52 Å². The number of alkyl halides is 1. The van der Waals surface area contributed by atoms with Gasteiger partial charge in [-0.25, -0.2) is 4.98 Å². The van der Waals surface area contributed by atoms with E-state index in [0.717, 1.165) is 5.56 Å². The maximum atomic E-state index is 11.0. The third-order valence-electron chi connectivity index (χ3n) is 3.01. The average molecular weight is 367 g/mol. The second kappa shape index (κ2) is 5.50. The van der Waals surface area contributed by atoms with Crippen LogP contribution in [0.2, 0.25) is 5.02 Å². The van der Waals surface area contributed by atoms with Crippen molar-refractivity contribution in [2.75, 3.05) is 0 Å². The van der Waals surface area contributed by atoms with Crippen molar-refractivity contribution in [2.24, 2.45) is 0 Å². The zero-order valence-electron chi connectivity index (χ0n) is 10.6. The van der Waals surface area contributed by atoms with Gasteiger partial charge in [-0.2, -0.15) is 0 Å². The molecule has 1 aromatic heterocycles. The molecule has 1 atom stereocenters. The van der Waals surface area contributed by atoms with Crippen LogP contribution in [-0.2, 0) is 4.79 Å². The van der Waals surface area contributed by atoms with Crippen LogP contribution < -0.4 is 0 Å². The van der Waals surface area contributed by atoms with E-state index in [-0.39, 0.29) is 0 Å². The average Bonchev–Trinajstić information content (AvgIpc) is 2.89.